The molecule has 2 unspecified atom stereocenters. The van der Waals surface area contributed by atoms with Crippen molar-refractivity contribution in [3.63, 3.8) is 0 Å². The molecule has 0 N–H and O–H groups in total. The molecular formula is C8H13Cl. The molecule has 0 amide bonds. The molecule has 9 heavy (non-hydrogen) atoms. The van der Waals surface area contributed by atoms with E-state index in [0.29, 0.717) is 0 Å². The van der Waals surface area contributed by atoms with Crippen LogP contribution in [0.15, 0.2) is 12.2 Å². The Morgan fingerprint density at radius 3 is 2.78 bits per heavy atom. The molecule has 0 aromatic rings. The molecule has 1 heteroatoms. The van der Waals surface area contributed by atoms with E-state index in [1.807, 2.05) is 0 Å². The average molecular weight is 145 g/mol. The monoisotopic (exact) mass is 144 g/mol. The maximum absolute atomic E-state index is 2.41. The highest BCUT2D eigenvalue weighted by molar-refractivity contribution is 5.85. The highest BCUT2D eigenvalue weighted by Crippen LogP contribution is 2.37. The van der Waals surface area contributed by atoms with Crippen molar-refractivity contribution < 1.29 is 0 Å². The summed E-state index contributed by atoms with van der Waals surface area (Å²) in [7, 11) is 0. The molecule has 2 aliphatic rings. The summed E-state index contributed by atoms with van der Waals surface area (Å²) in [5.41, 5.74) is 0. The fraction of sp³-hybridized carbons (Fsp3) is 0.750. The molecule has 2 atom stereocenters. The van der Waals surface area contributed by atoms with Crippen molar-refractivity contribution in [1.82, 2.24) is 0 Å². The van der Waals surface area contributed by atoms with E-state index in [9.17, 15) is 0 Å². The lowest BCUT2D eigenvalue weighted by atomic mass is 9.96. The first-order chi connectivity index (χ1) is 3.95. The third kappa shape index (κ3) is 1.29. The Hall–Kier alpha value is 0.0300. The molecule has 0 radical (unpaired) electrons. The standard InChI is InChI=1S/C8H12.ClH/c1-2-7-4-5-8(3-1)6-7;/h1-2,7-8H,3-6H2;1H. The second-order valence-corrected chi connectivity index (χ2v) is 3.10. The van der Waals surface area contributed by atoms with Gasteiger partial charge in [0.15, 0.2) is 0 Å². The van der Waals surface area contributed by atoms with Crippen LogP contribution in [0.3, 0.4) is 0 Å². The van der Waals surface area contributed by atoms with Crippen LogP contribution >= 0.6 is 12.4 Å². The van der Waals surface area contributed by atoms with Crippen molar-refractivity contribution in [3.05, 3.63) is 12.2 Å². The molecule has 2 bridgehead atoms. The predicted octanol–water partition coefficient (Wildman–Crippen LogP) is 2.78. The van der Waals surface area contributed by atoms with Crippen molar-refractivity contribution in [2.45, 2.75) is 25.7 Å². The molecule has 1 saturated carbocycles. The molecule has 0 aromatic heterocycles. The summed E-state index contributed by atoms with van der Waals surface area (Å²) in [6.45, 7) is 0. The summed E-state index contributed by atoms with van der Waals surface area (Å²) >= 11 is 0. The number of allylic oxidation sites excluding steroid dienone is 2. The van der Waals surface area contributed by atoms with Crippen LogP contribution in [-0.4, -0.2) is 0 Å². The van der Waals surface area contributed by atoms with Crippen LogP contribution in [0.1, 0.15) is 25.7 Å². The first kappa shape index (κ1) is 7.14. The van der Waals surface area contributed by atoms with Crippen molar-refractivity contribution >= 4 is 12.4 Å². The van der Waals surface area contributed by atoms with Crippen LogP contribution in [0.5, 0.6) is 0 Å². The quantitative estimate of drug-likeness (QED) is 0.459. The van der Waals surface area contributed by atoms with Gasteiger partial charge in [-0.3, -0.25) is 0 Å². The number of halogens is 1. The fourth-order valence-corrected chi connectivity index (χ4v) is 1.97. The molecule has 0 spiro atoms. The highest BCUT2D eigenvalue weighted by Gasteiger charge is 2.24. The smallest absolute Gasteiger partial charge is 0.0231 e. The van der Waals surface area contributed by atoms with Crippen LogP contribution in [0.25, 0.3) is 0 Å². The molecule has 0 aliphatic heterocycles. The van der Waals surface area contributed by atoms with Gasteiger partial charge in [-0.25, -0.2) is 0 Å². The Bertz CT molecular complexity index is 118. The minimum absolute atomic E-state index is 0. The largest absolute Gasteiger partial charge is 0.147 e. The van der Waals surface area contributed by atoms with Crippen LogP contribution < -0.4 is 0 Å². The topological polar surface area (TPSA) is 0 Å². The van der Waals surface area contributed by atoms with Crippen molar-refractivity contribution in [2.75, 3.05) is 0 Å². The van der Waals surface area contributed by atoms with Gasteiger partial charge in [-0.15, -0.1) is 12.4 Å². The summed E-state index contributed by atoms with van der Waals surface area (Å²) < 4.78 is 0. The maximum atomic E-state index is 2.41. The van der Waals surface area contributed by atoms with Crippen LogP contribution in [0.4, 0.5) is 0 Å². The van der Waals surface area contributed by atoms with Crippen LogP contribution in [-0.2, 0) is 0 Å². The van der Waals surface area contributed by atoms with E-state index in [-0.39, 0.29) is 12.4 Å². The van der Waals surface area contributed by atoms with E-state index < -0.39 is 0 Å². The molecule has 0 nitrogen and oxygen atoms in total. The van der Waals surface area contributed by atoms with Crippen LogP contribution in [0, 0.1) is 11.8 Å². The zero-order valence-corrected chi connectivity index (χ0v) is 6.36. The molecule has 0 aromatic carbocycles. The summed E-state index contributed by atoms with van der Waals surface area (Å²) in [4.78, 5) is 0. The molecule has 2 aliphatic carbocycles. The van der Waals surface area contributed by atoms with E-state index >= 15 is 0 Å². The lowest BCUT2D eigenvalue weighted by Gasteiger charge is -2.10. The molecule has 52 valence electrons. The van der Waals surface area contributed by atoms with Gasteiger partial charge < -0.3 is 0 Å². The SMILES string of the molecule is C1=CC2CCC(C1)C2.Cl. The Morgan fingerprint density at radius 1 is 1.22 bits per heavy atom. The Labute approximate surface area is 62.7 Å². The second kappa shape index (κ2) is 2.74. The van der Waals surface area contributed by atoms with Gasteiger partial charge in [0.1, 0.15) is 0 Å². The van der Waals surface area contributed by atoms with Crippen LogP contribution in [0.2, 0.25) is 0 Å². The summed E-state index contributed by atoms with van der Waals surface area (Å²) in [6, 6.07) is 0. The maximum Gasteiger partial charge on any atom is -0.0231 e. The van der Waals surface area contributed by atoms with Gasteiger partial charge in [0.2, 0.25) is 0 Å². The molecular weight excluding hydrogens is 132 g/mol. The van der Waals surface area contributed by atoms with E-state index in [1.54, 1.807) is 0 Å². The fourth-order valence-electron chi connectivity index (χ4n) is 1.97. The van der Waals surface area contributed by atoms with Crippen molar-refractivity contribution in [2.24, 2.45) is 11.8 Å². The first-order valence-corrected chi connectivity index (χ1v) is 3.62. The summed E-state index contributed by atoms with van der Waals surface area (Å²) in [5, 5.41) is 0. The van der Waals surface area contributed by atoms with E-state index in [0.717, 1.165) is 11.8 Å². The summed E-state index contributed by atoms with van der Waals surface area (Å²) in [5.74, 6) is 2.05. The van der Waals surface area contributed by atoms with Gasteiger partial charge in [-0.05, 0) is 37.5 Å². The van der Waals surface area contributed by atoms with Gasteiger partial charge in [0, 0.05) is 0 Å². The molecule has 0 heterocycles. The molecule has 2 rings (SSSR count). The third-order valence-corrected chi connectivity index (χ3v) is 2.46. The van der Waals surface area contributed by atoms with E-state index in [1.165, 1.54) is 25.7 Å². The Kier molecular flexibility index (Phi) is 2.18. The second-order valence-electron chi connectivity index (χ2n) is 3.10. The van der Waals surface area contributed by atoms with Gasteiger partial charge in [0.25, 0.3) is 0 Å². The number of hydrogen-bond acceptors (Lipinski definition) is 0. The van der Waals surface area contributed by atoms with E-state index in [2.05, 4.69) is 12.2 Å². The lowest BCUT2D eigenvalue weighted by Crippen LogP contribution is -1.97. The van der Waals surface area contributed by atoms with Crippen molar-refractivity contribution in [3.8, 4) is 0 Å². The Balaban J connectivity index is 0.000000405. The molecule has 1 fully saturated rings. The highest BCUT2D eigenvalue weighted by atomic mass is 35.5. The number of rotatable bonds is 0. The van der Waals surface area contributed by atoms with Gasteiger partial charge in [-0.2, -0.15) is 0 Å². The van der Waals surface area contributed by atoms with Gasteiger partial charge in [-0.1, -0.05) is 12.2 Å². The predicted molar refractivity (Wildman–Crippen MR) is 41.8 cm³/mol. The zero-order valence-electron chi connectivity index (χ0n) is 5.55. The average Bonchev–Trinajstić information content (AvgIpc) is 2.12. The molecule has 0 saturated heterocycles. The lowest BCUT2D eigenvalue weighted by molar-refractivity contribution is 0.519. The van der Waals surface area contributed by atoms with Crippen molar-refractivity contribution in [1.29, 1.82) is 0 Å². The minimum Gasteiger partial charge on any atom is -0.147 e. The van der Waals surface area contributed by atoms with Gasteiger partial charge in [0.05, 0.1) is 0 Å². The third-order valence-electron chi connectivity index (χ3n) is 2.46. The first-order valence-electron chi connectivity index (χ1n) is 3.62. The number of fused-ring (bicyclic) bond motifs is 2. The Morgan fingerprint density at radius 2 is 2.11 bits per heavy atom. The normalized spacial score (nSPS) is 38.2. The zero-order chi connectivity index (χ0) is 5.40. The van der Waals surface area contributed by atoms with E-state index in [4.69, 9.17) is 0 Å². The number of hydrogen-bond donors (Lipinski definition) is 0. The van der Waals surface area contributed by atoms with Gasteiger partial charge >= 0.3 is 0 Å². The minimum atomic E-state index is 0. The summed E-state index contributed by atoms with van der Waals surface area (Å²) in [6.07, 6.45) is 10.6.